The van der Waals surface area contributed by atoms with Crippen molar-refractivity contribution in [2.75, 3.05) is 26.8 Å². The number of amides is 1. The van der Waals surface area contributed by atoms with Crippen molar-refractivity contribution < 1.29 is 18.8 Å². The molecule has 2 aromatic rings. The zero-order chi connectivity index (χ0) is 16.9. The second kappa shape index (κ2) is 7.44. The van der Waals surface area contributed by atoms with Crippen LogP contribution in [0.25, 0.3) is 0 Å². The number of pyridine rings is 1. The summed E-state index contributed by atoms with van der Waals surface area (Å²) < 4.78 is 15.9. The standard InChI is InChI=1S/C17H21N3O4/c1-12-9-13(5-6-18-12)15-11-20(7-8-23-15)17(21)4-3-14-10-16(22-2)19-24-14/h5-6,9-10,15H,3-4,7-8,11H2,1-2H3/t15-/m0/s1. The van der Waals surface area contributed by atoms with Crippen molar-refractivity contribution in [3.8, 4) is 5.88 Å². The van der Waals surface area contributed by atoms with Gasteiger partial charge in [-0.3, -0.25) is 9.78 Å². The lowest BCUT2D eigenvalue weighted by Gasteiger charge is -2.33. The van der Waals surface area contributed by atoms with Gasteiger partial charge in [0.25, 0.3) is 5.88 Å². The van der Waals surface area contributed by atoms with E-state index in [1.165, 1.54) is 7.11 Å². The quantitative estimate of drug-likeness (QED) is 0.833. The van der Waals surface area contributed by atoms with Crippen LogP contribution in [0, 0.1) is 6.92 Å². The lowest BCUT2D eigenvalue weighted by molar-refractivity contribution is -0.139. The smallest absolute Gasteiger partial charge is 0.254 e. The van der Waals surface area contributed by atoms with E-state index in [4.69, 9.17) is 14.0 Å². The fourth-order valence-corrected chi connectivity index (χ4v) is 2.74. The Morgan fingerprint density at radius 3 is 3.08 bits per heavy atom. The van der Waals surface area contributed by atoms with Gasteiger partial charge in [-0.15, -0.1) is 0 Å². The molecule has 0 radical (unpaired) electrons. The first-order valence-corrected chi connectivity index (χ1v) is 7.97. The van der Waals surface area contributed by atoms with Crippen LogP contribution in [0.4, 0.5) is 0 Å². The number of nitrogens with zero attached hydrogens (tertiary/aromatic N) is 3. The van der Waals surface area contributed by atoms with E-state index in [-0.39, 0.29) is 12.0 Å². The maximum atomic E-state index is 12.5. The summed E-state index contributed by atoms with van der Waals surface area (Å²) >= 11 is 0. The summed E-state index contributed by atoms with van der Waals surface area (Å²) in [5, 5.41) is 3.74. The van der Waals surface area contributed by atoms with E-state index in [0.29, 0.717) is 44.2 Å². The van der Waals surface area contributed by atoms with E-state index in [2.05, 4.69) is 10.1 Å². The minimum atomic E-state index is -0.102. The highest BCUT2D eigenvalue weighted by molar-refractivity contribution is 5.76. The van der Waals surface area contributed by atoms with Gasteiger partial charge in [-0.05, 0) is 29.8 Å². The first kappa shape index (κ1) is 16.4. The molecular formula is C17H21N3O4. The Morgan fingerprint density at radius 2 is 2.33 bits per heavy atom. The van der Waals surface area contributed by atoms with Crippen molar-refractivity contribution in [1.82, 2.24) is 15.0 Å². The van der Waals surface area contributed by atoms with E-state index >= 15 is 0 Å². The Kier molecular flexibility index (Phi) is 5.10. The molecule has 1 aliphatic rings. The van der Waals surface area contributed by atoms with Gasteiger partial charge in [0, 0.05) is 37.3 Å². The molecule has 7 nitrogen and oxygen atoms in total. The molecule has 3 rings (SSSR count). The minimum Gasteiger partial charge on any atom is -0.479 e. The Morgan fingerprint density at radius 1 is 1.46 bits per heavy atom. The fraction of sp³-hybridized carbons (Fsp3) is 0.471. The molecule has 7 heteroatoms. The Balaban J connectivity index is 1.56. The summed E-state index contributed by atoms with van der Waals surface area (Å²) in [5.74, 6) is 1.16. The van der Waals surface area contributed by atoms with Crippen molar-refractivity contribution in [3.63, 3.8) is 0 Å². The van der Waals surface area contributed by atoms with Crippen molar-refractivity contribution >= 4 is 5.91 Å². The van der Waals surface area contributed by atoms with Crippen LogP contribution in [0.5, 0.6) is 5.88 Å². The minimum absolute atomic E-state index is 0.0874. The summed E-state index contributed by atoms with van der Waals surface area (Å²) in [6.45, 7) is 3.65. The summed E-state index contributed by atoms with van der Waals surface area (Å²) in [5.41, 5.74) is 2.00. The monoisotopic (exact) mass is 331 g/mol. The van der Waals surface area contributed by atoms with Gasteiger partial charge in [-0.2, -0.15) is 0 Å². The van der Waals surface area contributed by atoms with Crippen LogP contribution in [0.1, 0.15) is 29.5 Å². The first-order chi connectivity index (χ1) is 11.7. The number of carbonyl (C=O) groups is 1. The topological polar surface area (TPSA) is 77.7 Å². The number of aromatic nitrogens is 2. The van der Waals surface area contributed by atoms with Gasteiger partial charge in [0.05, 0.1) is 20.3 Å². The predicted molar refractivity (Wildman–Crippen MR) is 85.6 cm³/mol. The molecule has 1 saturated heterocycles. The molecule has 1 amide bonds. The maximum Gasteiger partial charge on any atom is 0.254 e. The molecule has 24 heavy (non-hydrogen) atoms. The molecule has 0 saturated carbocycles. The summed E-state index contributed by atoms with van der Waals surface area (Å²) in [6.07, 6.45) is 2.55. The molecule has 0 unspecified atom stereocenters. The number of aryl methyl sites for hydroxylation is 2. The number of hydrogen-bond donors (Lipinski definition) is 0. The van der Waals surface area contributed by atoms with Gasteiger partial charge < -0.3 is 18.9 Å². The summed E-state index contributed by atoms with van der Waals surface area (Å²) in [7, 11) is 1.53. The van der Waals surface area contributed by atoms with Crippen molar-refractivity contribution in [1.29, 1.82) is 0 Å². The second-order valence-electron chi connectivity index (χ2n) is 5.77. The van der Waals surface area contributed by atoms with Gasteiger partial charge >= 0.3 is 0 Å². The van der Waals surface area contributed by atoms with Crippen molar-refractivity contribution in [3.05, 3.63) is 41.4 Å². The maximum absolute atomic E-state index is 12.5. The van der Waals surface area contributed by atoms with Crippen LogP contribution >= 0.6 is 0 Å². The van der Waals surface area contributed by atoms with Crippen LogP contribution in [-0.4, -0.2) is 47.8 Å². The number of rotatable bonds is 5. The molecule has 2 aromatic heterocycles. The zero-order valence-corrected chi connectivity index (χ0v) is 13.9. The molecule has 0 aromatic carbocycles. The van der Waals surface area contributed by atoms with Crippen LogP contribution in [0.2, 0.25) is 0 Å². The van der Waals surface area contributed by atoms with E-state index < -0.39 is 0 Å². The van der Waals surface area contributed by atoms with E-state index in [1.54, 1.807) is 12.3 Å². The molecule has 0 N–H and O–H groups in total. The lowest BCUT2D eigenvalue weighted by Crippen LogP contribution is -2.42. The number of morpholine rings is 1. The lowest BCUT2D eigenvalue weighted by atomic mass is 10.1. The molecule has 128 valence electrons. The molecule has 0 spiro atoms. The van der Waals surface area contributed by atoms with Gasteiger partial charge in [-0.1, -0.05) is 0 Å². The van der Waals surface area contributed by atoms with E-state index in [1.807, 2.05) is 24.0 Å². The third kappa shape index (κ3) is 3.91. The zero-order valence-electron chi connectivity index (χ0n) is 13.9. The highest BCUT2D eigenvalue weighted by Gasteiger charge is 2.25. The highest BCUT2D eigenvalue weighted by Crippen LogP contribution is 2.23. The molecule has 1 fully saturated rings. The second-order valence-corrected chi connectivity index (χ2v) is 5.77. The van der Waals surface area contributed by atoms with Crippen LogP contribution in [-0.2, 0) is 16.0 Å². The number of ether oxygens (including phenoxy) is 2. The fourth-order valence-electron chi connectivity index (χ4n) is 2.74. The Bertz CT molecular complexity index is 701. The first-order valence-electron chi connectivity index (χ1n) is 7.97. The average Bonchev–Trinajstić information content (AvgIpc) is 3.08. The summed E-state index contributed by atoms with van der Waals surface area (Å²) in [6, 6.07) is 5.64. The molecular weight excluding hydrogens is 310 g/mol. The molecule has 0 bridgehead atoms. The number of hydrogen-bond acceptors (Lipinski definition) is 6. The third-order valence-electron chi connectivity index (χ3n) is 4.04. The van der Waals surface area contributed by atoms with Gasteiger partial charge in [0.1, 0.15) is 11.9 Å². The molecule has 1 aliphatic heterocycles. The van der Waals surface area contributed by atoms with Crippen LogP contribution in [0.3, 0.4) is 0 Å². The summed E-state index contributed by atoms with van der Waals surface area (Å²) in [4.78, 5) is 18.5. The number of carbonyl (C=O) groups excluding carboxylic acids is 1. The molecule has 3 heterocycles. The Labute approximate surface area is 140 Å². The van der Waals surface area contributed by atoms with E-state index in [9.17, 15) is 4.79 Å². The van der Waals surface area contributed by atoms with E-state index in [0.717, 1.165) is 11.3 Å². The molecule has 1 atom stereocenters. The predicted octanol–water partition coefficient (Wildman–Crippen LogP) is 1.92. The highest BCUT2D eigenvalue weighted by atomic mass is 16.5. The van der Waals surface area contributed by atoms with Gasteiger partial charge in [-0.25, -0.2) is 0 Å². The van der Waals surface area contributed by atoms with Crippen LogP contribution < -0.4 is 4.74 Å². The van der Waals surface area contributed by atoms with Crippen molar-refractivity contribution in [2.45, 2.75) is 25.9 Å². The van der Waals surface area contributed by atoms with Gasteiger partial charge in [0.15, 0.2) is 0 Å². The molecule has 0 aliphatic carbocycles. The normalized spacial score (nSPS) is 17.8. The largest absolute Gasteiger partial charge is 0.479 e. The third-order valence-corrected chi connectivity index (χ3v) is 4.04. The average molecular weight is 331 g/mol. The number of methoxy groups -OCH3 is 1. The van der Waals surface area contributed by atoms with Crippen LogP contribution in [0.15, 0.2) is 28.9 Å². The Hall–Kier alpha value is -2.41. The van der Waals surface area contributed by atoms with Crippen molar-refractivity contribution in [2.24, 2.45) is 0 Å². The SMILES string of the molecule is COc1cc(CCC(=O)N2CCO[C@H](c3ccnc(C)c3)C2)on1. The van der Waals surface area contributed by atoms with Gasteiger partial charge in [0.2, 0.25) is 5.91 Å².